The molecule has 2 atom stereocenters. The largest absolute Gasteiger partial charge is 0.574 e. The summed E-state index contributed by atoms with van der Waals surface area (Å²) in [7, 11) is -3.52. The van der Waals surface area contributed by atoms with Crippen molar-refractivity contribution in [1.29, 1.82) is 0 Å². The minimum atomic E-state index is -3.52. The number of unbranched alkanes of at least 4 members (excludes halogenated alkanes) is 28. The molecule has 0 amide bonds. The van der Waals surface area contributed by atoms with Crippen LogP contribution in [0.1, 0.15) is 219 Å². The van der Waals surface area contributed by atoms with Gasteiger partial charge in [-0.2, -0.15) is 14.9 Å². The van der Waals surface area contributed by atoms with Crippen molar-refractivity contribution in [3.63, 3.8) is 0 Å². The highest BCUT2D eigenvalue weighted by atomic mass is 32.7. The molecule has 0 rings (SSSR count). The van der Waals surface area contributed by atoms with Gasteiger partial charge in [0.05, 0.1) is 6.61 Å². The van der Waals surface area contributed by atoms with Crippen LogP contribution in [0.2, 0.25) is 0 Å². The van der Waals surface area contributed by atoms with Crippen molar-refractivity contribution in [2.75, 3.05) is 26.4 Å². The van der Waals surface area contributed by atoms with Gasteiger partial charge >= 0.3 is 19.1 Å². The van der Waals surface area contributed by atoms with Gasteiger partial charge in [0.25, 0.3) is 0 Å². The van der Waals surface area contributed by atoms with Crippen molar-refractivity contribution in [1.82, 2.24) is 0 Å². The summed E-state index contributed by atoms with van der Waals surface area (Å²) in [6, 6.07) is 0. The van der Waals surface area contributed by atoms with Crippen molar-refractivity contribution < 1.29 is 42.9 Å². The number of esters is 2. The molecule has 0 aliphatic heterocycles. The third kappa shape index (κ3) is 35.9. The van der Waals surface area contributed by atoms with E-state index in [4.69, 9.17) is 41.3 Å². The van der Waals surface area contributed by atoms with Gasteiger partial charge < -0.3 is 31.9 Å². The Bertz CT molecular complexity index is 769. The number of rotatable bonds is 43. The van der Waals surface area contributed by atoms with Gasteiger partial charge in [0.15, 0.2) is 12.7 Å². The lowest BCUT2D eigenvalue weighted by Gasteiger charge is -2.26. The molecule has 0 aromatic heterocycles. The molecule has 0 heterocycles. The van der Waals surface area contributed by atoms with E-state index in [1.54, 1.807) is 0 Å². The zero-order chi connectivity index (χ0) is 39.8. The second-order valence-electron chi connectivity index (χ2n) is 15.1. The molecule has 0 aliphatic carbocycles. The predicted molar refractivity (Wildman–Crippen MR) is 224 cm³/mol. The fourth-order valence-corrected chi connectivity index (χ4v) is 7.72. The van der Waals surface area contributed by atoms with E-state index in [2.05, 4.69) is 13.8 Å². The van der Waals surface area contributed by atoms with Crippen molar-refractivity contribution >= 4 is 31.3 Å². The molecule has 0 saturated carbocycles. The van der Waals surface area contributed by atoms with Gasteiger partial charge in [0, 0.05) is 11.2 Å². The minimum Gasteiger partial charge on any atom is -0.457 e. The quantitative estimate of drug-likeness (QED) is 0.0135. The summed E-state index contributed by atoms with van der Waals surface area (Å²) in [4.78, 5) is 24.7. The molecule has 10 nitrogen and oxygen atoms in total. The zero-order valence-corrected chi connectivity index (χ0v) is 36.5. The number of hydrogen-bond donors (Lipinski definition) is 3. The minimum absolute atomic E-state index is 0.260. The van der Waals surface area contributed by atoms with Crippen LogP contribution in [0.4, 0.5) is 0 Å². The number of carbonyl (C=O) groups is 2. The maximum absolute atomic E-state index is 12.4. The van der Waals surface area contributed by atoms with Crippen molar-refractivity contribution in [3.05, 3.63) is 0 Å². The first-order valence-electron chi connectivity index (χ1n) is 22.2. The van der Waals surface area contributed by atoms with Gasteiger partial charge in [-0.3, -0.25) is 4.79 Å². The van der Waals surface area contributed by atoms with Crippen LogP contribution in [-0.4, -0.2) is 60.8 Å². The molecule has 0 bridgehead atoms. The highest BCUT2D eigenvalue weighted by Gasteiger charge is 2.35. The molecular formula is C42H84NO9PS+. The smallest absolute Gasteiger partial charge is 0.457 e. The average molecular weight is 810 g/mol. The number of nitrogens with two attached hydrogens (primary N) is 1. The Kier molecular flexibility index (Phi) is 40.3. The summed E-state index contributed by atoms with van der Waals surface area (Å²) < 4.78 is 26.6. The molecule has 4 N–H and O–H groups in total. The van der Waals surface area contributed by atoms with Crippen LogP contribution in [0.3, 0.4) is 0 Å². The van der Waals surface area contributed by atoms with E-state index in [-0.39, 0.29) is 26.1 Å². The molecule has 12 heteroatoms. The number of aliphatic hydroxyl groups excluding tert-OH is 2. The van der Waals surface area contributed by atoms with Gasteiger partial charge in [0.1, 0.15) is 19.6 Å². The van der Waals surface area contributed by atoms with Crippen molar-refractivity contribution in [2.24, 2.45) is 5.90 Å². The Morgan fingerprint density at radius 3 is 1.15 bits per heavy atom. The SMILES string of the molecule is CCCCCCCCCCCCCCCCCC(=O)O[C@@H](CO)CO[P+]([S-])(ON)OC[C@H](CO)OC(=[O+])CCCCCCCCCCCCCCCCC. The Morgan fingerprint density at radius 1 is 0.537 bits per heavy atom. The molecule has 1 radical (unpaired) electrons. The first-order valence-corrected chi connectivity index (χ1v) is 24.8. The Balaban J connectivity index is 3.98. The molecule has 0 aliphatic rings. The molecule has 0 aromatic carbocycles. The van der Waals surface area contributed by atoms with E-state index in [0.717, 1.165) is 38.5 Å². The lowest BCUT2D eigenvalue weighted by atomic mass is 10.0. The summed E-state index contributed by atoms with van der Waals surface area (Å²) in [6.07, 6.45) is 36.0. The van der Waals surface area contributed by atoms with Gasteiger partial charge in [0.2, 0.25) is 6.10 Å². The molecule has 0 fully saturated rings. The highest BCUT2D eigenvalue weighted by molar-refractivity contribution is 8.35. The Hall–Kier alpha value is -0.520. The average Bonchev–Trinajstić information content (AvgIpc) is 3.17. The first kappa shape index (κ1) is 53.5. The van der Waals surface area contributed by atoms with Gasteiger partial charge in [-0.15, -0.1) is 4.62 Å². The third-order valence-corrected chi connectivity index (χ3v) is 12.0. The predicted octanol–water partition coefficient (Wildman–Crippen LogP) is 11.5. The fraction of sp³-hybridized carbons (Fsp3) is 0.952. The van der Waals surface area contributed by atoms with Crippen LogP contribution in [-0.2, 0) is 45.0 Å². The summed E-state index contributed by atoms with van der Waals surface area (Å²) in [6.45, 7) is 3.01. The van der Waals surface area contributed by atoms with E-state index in [1.807, 2.05) is 0 Å². The standard InChI is InChI=1S/C42H84NO9PS/c1-3-5-7-9-11-13-15-17-19-21-23-25-27-29-31-33-41(46)50-39(35-44)37-48-53(54,52-43)49-38-40(36-45)51-42(47)34-32-30-28-26-24-22-20-18-16-14-12-10-8-6-4-2/h39-40,44-45H,3-38,43H2,1-2H3/q+1/t39-,40-/m0/s1. The zero-order valence-electron chi connectivity index (χ0n) is 34.8. The monoisotopic (exact) mass is 810 g/mol. The van der Waals surface area contributed by atoms with Crippen molar-refractivity contribution in [3.8, 4) is 0 Å². The van der Waals surface area contributed by atoms with Crippen LogP contribution in [0.25, 0.3) is 0 Å². The molecule has 321 valence electrons. The van der Waals surface area contributed by atoms with E-state index < -0.39 is 44.5 Å². The van der Waals surface area contributed by atoms with Gasteiger partial charge in [-0.25, -0.2) is 0 Å². The summed E-state index contributed by atoms with van der Waals surface area (Å²) >= 11 is 5.28. The van der Waals surface area contributed by atoms with Crippen LogP contribution >= 0.6 is 7.15 Å². The van der Waals surface area contributed by atoms with E-state index in [9.17, 15) is 19.8 Å². The maximum Gasteiger partial charge on any atom is 0.574 e. The number of carbonyl (C=O) groups excluding carboxylic acids is 2. The molecule has 0 unspecified atom stereocenters. The highest BCUT2D eigenvalue weighted by Crippen LogP contribution is 2.58. The van der Waals surface area contributed by atoms with Crippen molar-refractivity contribution in [2.45, 2.75) is 232 Å². The Morgan fingerprint density at radius 2 is 0.833 bits per heavy atom. The van der Waals surface area contributed by atoms with Crippen LogP contribution in [0.5, 0.6) is 0 Å². The summed E-state index contributed by atoms with van der Waals surface area (Å²) in [5.41, 5.74) is 0. The number of aliphatic hydroxyl groups is 2. The Labute approximate surface area is 337 Å². The van der Waals surface area contributed by atoms with Gasteiger partial charge in [-0.05, 0) is 12.8 Å². The lowest BCUT2D eigenvalue weighted by molar-refractivity contribution is -0.153. The molecule has 0 aromatic rings. The van der Waals surface area contributed by atoms with Gasteiger partial charge in [-0.1, -0.05) is 194 Å². The summed E-state index contributed by atoms with van der Waals surface area (Å²) in [5, 5.41) is 19.5. The van der Waals surface area contributed by atoms with Crippen LogP contribution < -0.4 is 5.90 Å². The molecule has 0 saturated heterocycles. The van der Waals surface area contributed by atoms with E-state index in [1.165, 1.54) is 154 Å². The molecule has 54 heavy (non-hydrogen) atoms. The summed E-state index contributed by atoms with van der Waals surface area (Å²) in [5.74, 6) is 4.52. The molecule has 0 spiro atoms. The normalized spacial score (nSPS) is 13.8. The topological polar surface area (TPSA) is 150 Å². The first-order chi connectivity index (χ1) is 26.3. The number of hydrogen-bond acceptors (Lipinski definition) is 11. The fourth-order valence-electron chi connectivity index (χ4n) is 6.47. The maximum atomic E-state index is 12.4. The molecular weight excluding hydrogens is 726 g/mol. The third-order valence-electron chi connectivity index (χ3n) is 9.94. The van der Waals surface area contributed by atoms with E-state index in [0.29, 0.717) is 0 Å². The second kappa shape index (κ2) is 40.7. The number of ether oxygens (including phenoxy) is 2. The van der Waals surface area contributed by atoms with E-state index >= 15 is 0 Å². The van der Waals surface area contributed by atoms with Crippen LogP contribution in [0, 0.1) is 0 Å². The lowest BCUT2D eigenvalue weighted by Crippen LogP contribution is -2.30. The van der Waals surface area contributed by atoms with Crippen LogP contribution in [0.15, 0.2) is 0 Å². The second-order valence-corrected chi connectivity index (χ2v) is 18.1.